The summed E-state index contributed by atoms with van der Waals surface area (Å²) < 4.78 is 10.4. The molecule has 1 heterocycles. The number of esters is 1. The third-order valence-corrected chi connectivity index (χ3v) is 3.74. The number of nitrogens with one attached hydrogen (secondary N) is 1. The van der Waals surface area contributed by atoms with E-state index in [1.165, 1.54) is 7.11 Å². The first-order valence-electron chi connectivity index (χ1n) is 7.36. The zero-order valence-electron chi connectivity index (χ0n) is 13.0. The Balaban J connectivity index is 1.83. The zero-order chi connectivity index (χ0) is 16.4. The molecule has 1 amide bonds. The average molecular weight is 311 g/mol. The fraction of sp³-hybridized carbons (Fsp3) is 0.222. The second-order valence-electron chi connectivity index (χ2n) is 5.45. The lowest BCUT2D eigenvalue weighted by atomic mass is 10.1. The Hall–Kier alpha value is -2.82. The van der Waals surface area contributed by atoms with Crippen molar-refractivity contribution in [2.45, 2.75) is 19.4 Å². The first kappa shape index (κ1) is 15.1. The smallest absolute Gasteiger partial charge is 0.339 e. The van der Waals surface area contributed by atoms with Gasteiger partial charge in [-0.15, -0.1) is 0 Å². The van der Waals surface area contributed by atoms with Crippen LogP contribution >= 0.6 is 0 Å². The minimum Gasteiger partial charge on any atom is -0.490 e. The molecule has 0 aromatic heterocycles. The van der Waals surface area contributed by atoms with Crippen molar-refractivity contribution in [3.05, 3.63) is 59.2 Å². The molecule has 0 saturated carbocycles. The van der Waals surface area contributed by atoms with Crippen LogP contribution in [0.15, 0.2) is 42.5 Å². The van der Waals surface area contributed by atoms with Gasteiger partial charge in [-0.05, 0) is 42.8 Å². The van der Waals surface area contributed by atoms with E-state index in [-0.39, 0.29) is 12.0 Å². The summed E-state index contributed by atoms with van der Waals surface area (Å²) in [5.41, 5.74) is 2.29. The Morgan fingerprint density at radius 2 is 2.00 bits per heavy atom. The van der Waals surface area contributed by atoms with Gasteiger partial charge in [-0.2, -0.15) is 0 Å². The number of amides is 1. The lowest BCUT2D eigenvalue weighted by molar-refractivity contribution is 0.0602. The van der Waals surface area contributed by atoms with Gasteiger partial charge in [0.05, 0.1) is 18.4 Å². The van der Waals surface area contributed by atoms with Crippen LogP contribution in [-0.4, -0.2) is 25.1 Å². The molecule has 2 aromatic rings. The third kappa shape index (κ3) is 3.04. The maximum absolute atomic E-state index is 12.5. The Morgan fingerprint density at radius 3 is 2.78 bits per heavy atom. The summed E-state index contributed by atoms with van der Waals surface area (Å²) in [4.78, 5) is 24.2. The fourth-order valence-corrected chi connectivity index (χ4v) is 2.64. The molecule has 118 valence electrons. The molecule has 0 aliphatic carbocycles. The molecule has 5 heteroatoms. The number of carbonyl (C=O) groups is 2. The van der Waals surface area contributed by atoms with E-state index in [2.05, 4.69) is 5.32 Å². The number of para-hydroxylation sites is 1. The van der Waals surface area contributed by atoms with Gasteiger partial charge < -0.3 is 14.8 Å². The van der Waals surface area contributed by atoms with Gasteiger partial charge in [0.1, 0.15) is 11.9 Å². The summed E-state index contributed by atoms with van der Waals surface area (Å²) in [7, 11) is 1.31. The number of anilines is 1. The molecule has 0 radical (unpaired) electrons. The van der Waals surface area contributed by atoms with Crippen molar-refractivity contribution in [2.75, 3.05) is 12.4 Å². The summed E-state index contributed by atoms with van der Waals surface area (Å²) in [5.74, 6) is 0.0600. The van der Waals surface area contributed by atoms with E-state index in [4.69, 9.17) is 9.47 Å². The first-order valence-corrected chi connectivity index (χ1v) is 7.36. The predicted octanol–water partition coefficient (Wildman–Crippen LogP) is 3.05. The second-order valence-corrected chi connectivity index (χ2v) is 5.45. The van der Waals surface area contributed by atoms with Crippen molar-refractivity contribution < 1.29 is 19.1 Å². The molecule has 1 N–H and O–H groups in total. The highest BCUT2D eigenvalue weighted by molar-refractivity contribution is 6.08. The van der Waals surface area contributed by atoms with Crippen molar-refractivity contribution in [3.63, 3.8) is 0 Å². The number of carbonyl (C=O) groups excluding carboxylic acids is 2. The molecular weight excluding hydrogens is 294 g/mol. The van der Waals surface area contributed by atoms with Crippen LogP contribution in [0.4, 0.5) is 5.69 Å². The molecule has 1 atom stereocenters. The number of fused-ring (bicyclic) bond motifs is 1. The fourth-order valence-electron chi connectivity index (χ4n) is 2.64. The summed E-state index contributed by atoms with van der Waals surface area (Å²) in [6.45, 7) is 1.99. The van der Waals surface area contributed by atoms with E-state index in [9.17, 15) is 9.59 Å². The van der Waals surface area contributed by atoms with Crippen molar-refractivity contribution >= 4 is 17.6 Å². The standard InChI is InChI=1S/C18H17NO4/c1-11-9-13-10-12(7-8-16(13)23-11)17(20)19-15-6-4-3-5-14(15)18(21)22-2/h3-8,10-11H,9H2,1-2H3,(H,19,20)/t11-/m1/s1. The van der Waals surface area contributed by atoms with E-state index in [1.807, 2.05) is 13.0 Å². The molecule has 0 bridgehead atoms. The first-order chi connectivity index (χ1) is 11.1. The second kappa shape index (κ2) is 6.12. The maximum Gasteiger partial charge on any atom is 0.339 e. The van der Waals surface area contributed by atoms with Crippen LogP contribution in [0.3, 0.4) is 0 Å². The van der Waals surface area contributed by atoms with Gasteiger partial charge in [-0.25, -0.2) is 4.79 Å². The highest BCUT2D eigenvalue weighted by atomic mass is 16.5. The Labute approximate surface area is 134 Å². The lowest BCUT2D eigenvalue weighted by Crippen LogP contribution is -2.15. The molecule has 2 aromatic carbocycles. The van der Waals surface area contributed by atoms with Crippen LogP contribution in [0.2, 0.25) is 0 Å². The topological polar surface area (TPSA) is 64.6 Å². The molecule has 1 aliphatic heterocycles. The van der Waals surface area contributed by atoms with Gasteiger partial charge in [0.2, 0.25) is 0 Å². The van der Waals surface area contributed by atoms with Gasteiger partial charge in [0, 0.05) is 12.0 Å². The summed E-state index contributed by atoms with van der Waals surface area (Å²) >= 11 is 0. The average Bonchev–Trinajstić information content (AvgIpc) is 2.93. The van der Waals surface area contributed by atoms with Crippen LogP contribution in [0, 0.1) is 0 Å². The Morgan fingerprint density at radius 1 is 1.22 bits per heavy atom. The largest absolute Gasteiger partial charge is 0.490 e. The monoisotopic (exact) mass is 311 g/mol. The van der Waals surface area contributed by atoms with Crippen LogP contribution in [0.1, 0.15) is 33.2 Å². The lowest BCUT2D eigenvalue weighted by Gasteiger charge is -2.10. The van der Waals surface area contributed by atoms with E-state index in [1.54, 1.807) is 36.4 Å². The van der Waals surface area contributed by atoms with Crippen molar-refractivity contribution in [3.8, 4) is 5.75 Å². The predicted molar refractivity (Wildman–Crippen MR) is 86.0 cm³/mol. The Kier molecular flexibility index (Phi) is 4.02. The van der Waals surface area contributed by atoms with E-state index in [0.717, 1.165) is 17.7 Å². The van der Waals surface area contributed by atoms with Gasteiger partial charge >= 0.3 is 5.97 Å². The van der Waals surface area contributed by atoms with Crippen molar-refractivity contribution in [1.82, 2.24) is 0 Å². The number of hydrogen-bond donors (Lipinski definition) is 1. The van der Waals surface area contributed by atoms with E-state index >= 15 is 0 Å². The van der Waals surface area contributed by atoms with Gasteiger partial charge in [-0.3, -0.25) is 4.79 Å². The number of methoxy groups -OCH3 is 1. The van der Waals surface area contributed by atoms with Crippen LogP contribution in [0.5, 0.6) is 5.75 Å². The van der Waals surface area contributed by atoms with Crippen LogP contribution in [0.25, 0.3) is 0 Å². The van der Waals surface area contributed by atoms with Gasteiger partial charge in [0.15, 0.2) is 0 Å². The molecule has 5 nitrogen and oxygen atoms in total. The number of ether oxygens (including phenoxy) is 2. The summed E-state index contributed by atoms with van der Waals surface area (Å²) in [5, 5.41) is 2.76. The SMILES string of the molecule is COC(=O)c1ccccc1NC(=O)c1ccc2c(c1)C[C@@H](C)O2. The number of rotatable bonds is 3. The van der Waals surface area contributed by atoms with Gasteiger partial charge in [0.25, 0.3) is 5.91 Å². The van der Waals surface area contributed by atoms with E-state index < -0.39 is 5.97 Å². The zero-order valence-corrected chi connectivity index (χ0v) is 13.0. The van der Waals surface area contributed by atoms with Crippen molar-refractivity contribution in [2.24, 2.45) is 0 Å². The molecular formula is C18H17NO4. The highest BCUT2D eigenvalue weighted by Crippen LogP contribution is 2.29. The van der Waals surface area contributed by atoms with E-state index in [0.29, 0.717) is 16.8 Å². The minimum absolute atomic E-state index is 0.128. The molecule has 3 rings (SSSR count). The third-order valence-electron chi connectivity index (χ3n) is 3.74. The Bertz CT molecular complexity index is 769. The molecule has 0 fully saturated rings. The normalized spacial score (nSPS) is 15.5. The van der Waals surface area contributed by atoms with Gasteiger partial charge in [-0.1, -0.05) is 12.1 Å². The number of hydrogen-bond acceptors (Lipinski definition) is 4. The number of benzene rings is 2. The summed E-state index contributed by atoms with van der Waals surface area (Å²) in [6, 6.07) is 12.1. The van der Waals surface area contributed by atoms with Crippen LogP contribution in [-0.2, 0) is 11.2 Å². The summed E-state index contributed by atoms with van der Waals surface area (Å²) in [6.07, 6.45) is 0.915. The van der Waals surface area contributed by atoms with Crippen molar-refractivity contribution in [1.29, 1.82) is 0 Å². The maximum atomic E-state index is 12.5. The highest BCUT2D eigenvalue weighted by Gasteiger charge is 2.21. The minimum atomic E-state index is -0.489. The quantitative estimate of drug-likeness (QED) is 0.885. The molecule has 0 saturated heterocycles. The molecule has 0 unspecified atom stereocenters. The molecule has 0 spiro atoms. The molecule has 1 aliphatic rings. The molecule has 23 heavy (non-hydrogen) atoms. The van der Waals surface area contributed by atoms with Crippen LogP contribution < -0.4 is 10.1 Å².